The van der Waals surface area contributed by atoms with Crippen LogP contribution in [-0.2, 0) is 9.59 Å². The van der Waals surface area contributed by atoms with E-state index in [1.807, 2.05) is 68.6 Å². The number of nitrogens with one attached hydrogen (secondary N) is 2. The molecule has 162 valence electrons. The fourth-order valence-corrected chi connectivity index (χ4v) is 4.33. The molecule has 1 heterocycles. The number of carbonyl (C=O) groups is 2. The zero-order chi connectivity index (χ0) is 22.4. The maximum atomic E-state index is 12.7. The first-order valence-corrected chi connectivity index (χ1v) is 11.0. The molecule has 3 aromatic rings. The van der Waals surface area contributed by atoms with E-state index in [9.17, 15) is 9.59 Å². The molecule has 0 saturated carbocycles. The highest BCUT2D eigenvalue weighted by molar-refractivity contribution is 7.09. The van der Waals surface area contributed by atoms with Gasteiger partial charge in [0.2, 0.25) is 11.8 Å². The number of amides is 2. The summed E-state index contributed by atoms with van der Waals surface area (Å²) in [6, 6.07) is 13.5. The molecule has 0 aliphatic carbocycles. The van der Waals surface area contributed by atoms with Crippen LogP contribution in [0.2, 0.25) is 0 Å². The molecular formula is C24H28N4O2S. The van der Waals surface area contributed by atoms with Crippen molar-refractivity contribution in [1.82, 2.24) is 15.2 Å². The molecule has 2 N–H and O–H groups in total. The number of hydrogen-bond acceptors (Lipinski definition) is 5. The van der Waals surface area contributed by atoms with Crippen LogP contribution in [0.1, 0.15) is 33.3 Å². The summed E-state index contributed by atoms with van der Waals surface area (Å²) in [5.74, 6) is -0.313. The molecule has 1 aromatic heterocycles. The maximum Gasteiger partial charge on any atom is 0.238 e. The third kappa shape index (κ3) is 6.23. The first kappa shape index (κ1) is 22.7. The molecule has 1 atom stereocenters. The van der Waals surface area contributed by atoms with Crippen LogP contribution in [0.15, 0.2) is 54.0 Å². The Morgan fingerprint density at radius 2 is 1.68 bits per heavy atom. The van der Waals surface area contributed by atoms with Gasteiger partial charge < -0.3 is 10.6 Å². The molecule has 0 radical (unpaired) electrons. The van der Waals surface area contributed by atoms with Crippen molar-refractivity contribution in [1.29, 1.82) is 0 Å². The molecule has 2 aromatic carbocycles. The first-order chi connectivity index (χ1) is 14.8. The van der Waals surface area contributed by atoms with Gasteiger partial charge in [-0.2, -0.15) is 0 Å². The number of benzene rings is 2. The summed E-state index contributed by atoms with van der Waals surface area (Å²) < 4.78 is 0. The molecule has 2 amide bonds. The van der Waals surface area contributed by atoms with Crippen molar-refractivity contribution in [3.63, 3.8) is 0 Å². The second-order valence-electron chi connectivity index (χ2n) is 7.78. The fraction of sp³-hybridized carbons (Fsp3) is 0.292. The molecule has 31 heavy (non-hydrogen) atoms. The van der Waals surface area contributed by atoms with E-state index in [1.165, 1.54) is 11.3 Å². The number of rotatable bonds is 8. The summed E-state index contributed by atoms with van der Waals surface area (Å²) in [5.41, 5.74) is 5.02. The van der Waals surface area contributed by atoms with Crippen LogP contribution in [-0.4, -0.2) is 41.8 Å². The molecular weight excluding hydrogens is 408 g/mol. The number of likely N-dealkylation sites (N-methyl/N-ethyl adjacent to an activating group) is 1. The Kier molecular flexibility index (Phi) is 7.55. The predicted molar refractivity (Wildman–Crippen MR) is 125 cm³/mol. The lowest BCUT2D eigenvalue weighted by molar-refractivity contribution is -0.123. The second-order valence-corrected chi connectivity index (χ2v) is 8.70. The average molecular weight is 437 g/mol. The van der Waals surface area contributed by atoms with E-state index < -0.39 is 0 Å². The van der Waals surface area contributed by atoms with Crippen molar-refractivity contribution in [2.75, 3.05) is 25.5 Å². The second kappa shape index (κ2) is 10.3. The van der Waals surface area contributed by atoms with Crippen molar-refractivity contribution < 1.29 is 9.59 Å². The highest BCUT2D eigenvalue weighted by Crippen LogP contribution is 2.24. The van der Waals surface area contributed by atoms with E-state index in [2.05, 4.69) is 15.6 Å². The van der Waals surface area contributed by atoms with Crippen LogP contribution in [0, 0.1) is 20.8 Å². The van der Waals surface area contributed by atoms with Gasteiger partial charge in [0, 0.05) is 17.3 Å². The molecule has 0 aliphatic heterocycles. The number of nitrogens with zero attached hydrogens (tertiary/aromatic N) is 2. The Bertz CT molecular complexity index is 1010. The van der Waals surface area contributed by atoms with E-state index in [0.29, 0.717) is 0 Å². The Hall–Kier alpha value is -3.03. The fourth-order valence-electron chi connectivity index (χ4n) is 3.62. The van der Waals surface area contributed by atoms with Crippen LogP contribution in [0.4, 0.5) is 5.69 Å². The van der Waals surface area contributed by atoms with Gasteiger partial charge in [-0.15, -0.1) is 11.3 Å². The van der Waals surface area contributed by atoms with Crippen molar-refractivity contribution in [2.24, 2.45) is 0 Å². The molecule has 0 saturated heterocycles. The van der Waals surface area contributed by atoms with Crippen LogP contribution in [0.5, 0.6) is 0 Å². The summed E-state index contributed by atoms with van der Waals surface area (Å²) in [4.78, 5) is 31.3. The van der Waals surface area contributed by atoms with Gasteiger partial charge in [-0.3, -0.25) is 14.5 Å². The normalized spacial score (nSPS) is 11.9. The van der Waals surface area contributed by atoms with Crippen LogP contribution in [0.3, 0.4) is 0 Å². The zero-order valence-corrected chi connectivity index (χ0v) is 19.1. The monoisotopic (exact) mass is 436 g/mol. The number of anilines is 1. The number of thiazole rings is 1. The molecule has 0 fully saturated rings. The Morgan fingerprint density at radius 1 is 1.03 bits per heavy atom. The average Bonchev–Trinajstić information content (AvgIpc) is 3.24. The number of hydrogen-bond donors (Lipinski definition) is 2. The summed E-state index contributed by atoms with van der Waals surface area (Å²) in [7, 11) is 1.76. The van der Waals surface area contributed by atoms with Crippen molar-refractivity contribution in [3.05, 3.63) is 81.3 Å². The molecule has 0 bridgehead atoms. The Morgan fingerprint density at radius 3 is 2.29 bits per heavy atom. The maximum absolute atomic E-state index is 12.7. The standard InChI is InChI=1S/C24H28N4O2S/c1-16-12-17(2)22(18(3)13-16)26-20(29)14-28(4)15-21(30)27-23(24-25-10-11-31-24)19-8-6-5-7-9-19/h5-13,23H,14-15H2,1-4H3,(H,26,29)(H,27,30). The Balaban J connectivity index is 1.59. The lowest BCUT2D eigenvalue weighted by atomic mass is 10.1. The predicted octanol–water partition coefficient (Wildman–Crippen LogP) is 3.84. The highest BCUT2D eigenvalue weighted by Gasteiger charge is 2.20. The third-order valence-electron chi connectivity index (χ3n) is 4.91. The van der Waals surface area contributed by atoms with Crippen LogP contribution >= 0.6 is 11.3 Å². The SMILES string of the molecule is Cc1cc(C)c(NC(=O)CN(C)CC(=O)NC(c2ccccc2)c2nccs2)c(C)c1. The molecule has 0 spiro atoms. The van der Waals surface area contributed by atoms with Crippen LogP contribution in [0.25, 0.3) is 0 Å². The quantitative estimate of drug-likeness (QED) is 0.563. The minimum absolute atomic E-state index is 0.105. The lowest BCUT2D eigenvalue weighted by Gasteiger charge is -2.21. The Labute approximate surface area is 187 Å². The zero-order valence-electron chi connectivity index (χ0n) is 18.3. The van der Waals surface area contributed by atoms with Gasteiger partial charge in [0.15, 0.2) is 0 Å². The minimum Gasteiger partial charge on any atom is -0.342 e. The van der Waals surface area contributed by atoms with E-state index in [4.69, 9.17) is 0 Å². The highest BCUT2D eigenvalue weighted by atomic mass is 32.1. The van der Waals surface area contributed by atoms with Crippen molar-refractivity contribution >= 4 is 28.8 Å². The summed E-state index contributed by atoms with van der Waals surface area (Å²) >= 11 is 1.50. The molecule has 1 unspecified atom stereocenters. The summed E-state index contributed by atoms with van der Waals surface area (Å²) in [6.07, 6.45) is 1.73. The number of carbonyl (C=O) groups excluding carboxylic acids is 2. The molecule has 3 rings (SSSR count). The van der Waals surface area contributed by atoms with E-state index in [-0.39, 0.29) is 30.9 Å². The van der Waals surface area contributed by atoms with Crippen molar-refractivity contribution in [2.45, 2.75) is 26.8 Å². The van der Waals surface area contributed by atoms with Gasteiger partial charge in [0.1, 0.15) is 11.0 Å². The van der Waals surface area contributed by atoms with Gasteiger partial charge in [0.25, 0.3) is 0 Å². The number of aryl methyl sites for hydroxylation is 3. The van der Waals surface area contributed by atoms with E-state index in [0.717, 1.165) is 32.9 Å². The topological polar surface area (TPSA) is 74.3 Å². The summed E-state index contributed by atoms with van der Waals surface area (Å²) in [6.45, 7) is 6.22. The molecule has 6 nitrogen and oxygen atoms in total. The molecule has 0 aliphatic rings. The smallest absolute Gasteiger partial charge is 0.238 e. The van der Waals surface area contributed by atoms with E-state index in [1.54, 1.807) is 18.1 Å². The van der Waals surface area contributed by atoms with Gasteiger partial charge in [-0.1, -0.05) is 48.0 Å². The molecule has 7 heteroatoms. The lowest BCUT2D eigenvalue weighted by Crippen LogP contribution is -2.40. The third-order valence-corrected chi connectivity index (χ3v) is 5.75. The van der Waals surface area contributed by atoms with Gasteiger partial charge in [0.05, 0.1) is 13.1 Å². The van der Waals surface area contributed by atoms with Gasteiger partial charge in [-0.05, 0) is 44.5 Å². The summed E-state index contributed by atoms with van der Waals surface area (Å²) in [5, 5.41) is 8.74. The largest absolute Gasteiger partial charge is 0.342 e. The van der Waals surface area contributed by atoms with Gasteiger partial charge in [-0.25, -0.2) is 4.98 Å². The first-order valence-electron chi connectivity index (χ1n) is 10.1. The minimum atomic E-state index is -0.311. The van der Waals surface area contributed by atoms with Crippen molar-refractivity contribution in [3.8, 4) is 0 Å². The van der Waals surface area contributed by atoms with Crippen LogP contribution < -0.4 is 10.6 Å². The van der Waals surface area contributed by atoms with Gasteiger partial charge >= 0.3 is 0 Å². The van der Waals surface area contributed by atoms with E-state index >= 15 is 0 Å². The number of aromatic nitrogens is 1.